The molecule has 2 N–H and O–H groups in total. The van der Waals surface area contributed by atoms with E-state index in [1.165, 1.54) is 4.68 Å². The predicted molar refractivity (Wildman–Crippen MR) is 113 cm³/mol. The van der Waals surface area contributed by atoms with Crippen molar-refractivity contribution < 1.29 is 19.4 Å². The van der Waals surface area contributed by atoms with Crippen LogP contribution < -0.4 is 5.32 Å². The maximum Gasteiger partial charge on any atom is 0.434 e. The van der Waals surface area contributed by atoms with Gasteiger partial charge in [-0.15, -0.1) is 5.10 Å². The number of carbonyl (C=O) groups excluding carboxylic acids is 2. The van der Waals surface area contributed by atoms with Crippen molar-refractivity contribution in [2.24, 2.45) is 0 Å². The molecule has 1 amide bonds. The number of nitrogens with zero attached hydrogens (tertiary/aromatic N) is 4. The van der Waals surface area contributed by atoms with Gasteiger partial charge in [0, 0.05) is 23.7 Å². The summed E-state index contributed by atoms with van der Waals surface area (Å²) in [6.45, 7) is 3.72. The van der Waals surface area contributed by atoms with Crippen molar-refractivity contribution in [1.29, 1.82) is 0 Å². The zero-order chi connectivity index (χ0) is 22.0. The zero-order valence-corrected chi connectivity index (χ0v) is 17.5. The topological polar surface area (TPSA) is 111 Å². The van der Waals surface area contributed by atoms with E-state index >= 15 is 0 Å². The van der Waals surface area contributed by atoms with E-state index in [2.05, 4.69) is 15.5 Å². The summed E-state index contributed by atoms with van der Waals surface area (Å²) in [6, 6.07) is 9.12. The third-order valence-electron chi connectivity index (χ3n) is 5.28. The number of aromatic nitrogens is 4. The Morgan fingerprint density at radius 3 is 2.84 bits per heavy atom. The Bertz CT molecular complexity index is 1100. The summed E-state index contributed by atoms with van der Waals surface area (Å²) in [5.74, 6) is -0.130. The van der Waals surface area contributed by atoms with Crippen LogP contribution in [0.25, 0.3) is 5.69 Å². The van der Waals surface area contributed by atoms with Gasteiger partial charge in [0.1, 0.15) is 0 Å². The summed E-state index contributed by atoms with van der Waals surface area (Å²) in [5.41, 5.74) is 3.08. The summed E-state index contributed by atoms with van der Waals surface area (Å²) in [6.07, 6.45) is 4.87. The van der Waals surface area contributed by atoms with E-state index in [0.717, 1.165) is 35.3 Å². The van der Waals surface area contributed by atoms with Gasteiger partial charge in [0.25, 0.3) is 0 Å². The van der Waals surface area contributed by atoms with Crippen LogP contribution in [0.3, 0.4) is 0 Å². The molecule has 0 aliphatic heterocycles. The lowest BCUT2D eigenvalue weighted by atomic mass is 10.0. The first-order valence-corrected chi connectivity index (χ1v) is 10.3. The van der Waals surface area contributed by atoms with Crippen molar-refractivity contribution in [2.45, 2.75) is 45.1 Å². The standard InChI is InChI=1S/C22H25N5O4/c1-3-31-22(30)27-19(16-7-8-16)10-20(25-27)24-21(29)14(2)17-11-23-26(12-17)18-6-4-5-15(9-18)13-28/h4-6,9-12,14,16,28H,3,7-8,13H2,1-2H3,(H,24,25,29). The van der Waals surface area contributed by atoms with E-state index in [-0.39, 0.29) is 25.0 Å². The Labute approximate surface area is 179 Å². The molecular formula is C22H25N5O4. The lowest BCUT2D eigenvalue weighted by Gasteiger charge is -2.08. The van der Waals surface area contributed by atoms with Gasteiger partial charge in [-0.2, -0.15) is 9.78 Å². The van der Waals surface area contributed by atoms with Crippen molar-refractivity contribution in [3.8, 4) is 5.69 Å². The summed E-state index contributed by atoms with van der Waals surface area (Å²) in [7, 11) is 0. The van der Waals surface area contributed by atoms with E-state index in [1.807, 2.05) is 24.3 Å². The molecule has 4 rings (SSSR count). The minimum atomic E-state index is -0.538. The lowest BCUT2D eigenvalue weighted by molar-refractivity contribution is -0.117. The molecule has 3 aromatic rings. The first-order chi connectivity index (χ1) is 15.0. The van der Waals surface area contributed by atoms with Crippen molar-refractivity contribution in [1.82, 2.24) is 19.6 Å². The van der Waals surface area contributed by atoms with Crippen LogP contribution in [0, 0.1) is 0 Å². The Kier molecular flexibility index (Phi) is 5.85. The van der Waals surface area contributed by atoms with Gasteiger partial charge in [-0.3, -0.25) is 4.79 Å². The Hall–Kier alpha value is -3.46. The van der Waals surface area contributed by atoms with Gasteiger partial charge in [0.15, 0.2) is 5.82 Å². The molecule has 162 valence electrons. The van der Waals surface area contributed by atoms with E-state index in [1.54, 1.807) is 37.0 Å². The quantitative estimate of drug-likeness (QED) is 0.604. The number of benzene rings is 1. The maximum absolute atomic E-state index is 12.8. The minimum absolute atomic E-state index is 0.0535. The Morgan fingerprint density at radius 2 is 2.13 bits per heavy atom. The lowest BCUT2D eigenvalue weighted by Crippen LogP contribution is -2.20. The number of anilines is 1. The highest BCUT2D eigenvalue weighted by Gasteiger charge is 2.31. The van der Waals surface area contributed by atoms with Crippen LogP contribution in [0.1, 0.15) is 55.3 Å². The highest BCUT2D eigenvalue weighted by Crippen LogP contribution is 2.41. The van der Waals surface area contributed by atoms with E-state index in [9.17, 15) is 14.7 Å². The zero-order valence-electron chi connectivity index (χ0n) is 17.5. The molecule has 0 bridgehead atoms. The second kappa shape index (κ2) is 8.73. The highest BCUT2D eigenvalue weighted by molar-refractivity contribution is 5.95. The second-order valence-electron chi connectivity index (χ2n) is 7.60. The van der Waals surface area contributed by atoms with Crippen LogP contribution in [-0.2, 0) is 16.1 Å². The van der Waals surface area contributed by atoms with Crippen LogP contribution in [-0.4, -0.2) is 43.3 Å². The molecule has 2 heterocycles. The van der Waals surface area contributed by atoms with Crippen molar-refractivity contribution in [2.75, 3.05) is 11.9 Å². The van der Waals surface area contributed by atoms with Crippen LogP contribution >= 0.6 is 0 Å². The largest absolute Gasteiger partial charge is 0.448 e. The fraction of sp³-hybridized carbons (Fsp3) is 0.364. The first kappa shape index (κ1) is 20.8. The summed E-state index contributed by atoms with van der Waals surface area (Å²) in [4.78, 5) is 25.0. The van der Waals surface area contributed by atoms with Gasteiger partial charge in [-0.25, -0.2) is 9.48 Å². The highest BCUT2D eigenvalue weighted by atomic mass is 16.6. The number of aliphatic hydroxyl groups excluding tert-OH is 1. The van der Waals surface area contributed by atoms with Gasteiger partial charge in [0.2, 0.25) is 5.91 Å². The summed E-state index contributed by atoms with van der Waals surface area (Å²) < 4.78 is 7.97. The molecule has 0 radical (unpaired) electrons. The average molecular weight is 423 g/mol. The molecular weight excluding hydrogens is 398 g/mol. The molecule has 0 spiro atoms. The summed E-state index contributed by atoms with van der Waals surface area (Å²) >= 11 is 0. The van der Waals surface area contributed by atoms with Crippen LogP contribution in [0.15, 0.2) is 42.7 Å². The van der Waals surface area contributed by atoms with Crippen LogP contribution in [0.2, 0.25) is 0 Å². The van der Waals surface area contributed by atoms with Crippen LogP contribution in [0.5, 0.6) is 0 Å². The Morgan fingerprint density at radius 1 is 1.32 bits per heavy atom. The molecule has 1 aromatic carbocycles. The normalized spacial score (nSPS) is 14.3. The third-order valence-corrected chi connectivity index (χ3v) is 5.28. The third kappa shape index (κ3) is 4.51. The smallest absolute Gasteiger partial charge is 0.434 e. The van der Waals surface area contributed by atoms with Crippen molar-refractivity contribution >= 4 is 17.8 Å². The van der Waals surface area contributed by atoms with E-state index < -0.39 is 12.0 Å². The van der Waals surface area contributed by atoms with Gasteiger partial charge >= 0.3 is 6.09 Å². The van der Waals surface area contributed by atoms with Crippen LogP contribution in [0.4, 0.5) is 10.6 Å². The molecule has 0 saturated heterocycles. The monoisotopic (exact) mass is 423 g/mol. The molecule has 1 aliphatic carbocycles. The molecule has 9 nitrogen and oxygen atoms in total. The molecule has 1 aliphatic rings. The van der Waals surface area contributed by atoms with E-state index in [4.69, 9.17) is 4.74 Å². The number of carbonyl (C=O) groups is 2. The van der Waals surface area contributed by atoms with Crippen molar-refractivity contribution in [3.63, 3.8) is 0 Å². The van der Waals surface area contributed by atoms with E-state index in [0.29, 0.717) is 5.82 Å². The number of amides is 1. The van der Waals surface area contributed by atoms with Gasteiger partial charge in [-0.1, -0.05) is 12.1 Å². The predicted octanol–water partition coefficient (Wildman–Crippen LogP) is 3.19. The first-order valence-electron chi connectivity index (χ1n) is 10.3. The number of hydrogen-bond acceptors (Lipinski definition) is 6. The second-order valence-corrected chi connectivity index (χ2v) is 7.60. The number of rotatable bonds is 7. The number of nitrogens with one attached hydrogen (secondary N) is 1. The minimum Gasteiger partial charge on any atom is -0.448 e. The van der Waals surface area contributed by atoms with Gasteiger partial charge in [-0.05, 0) is 44.4 Å². The average Bonchev–Trinajstić information content (AvgIpc) is 3.35. The molecule has 1 fully saturated rings. The molecule has 31 heavy (non-hydrogen) atoms. The fourth-order valence-corrected chi connectivity index (χ4v) is 3.34. The summed E-state index contributed by atoms with van der Waals surface area (Å²) in [5, 5.41) is 20.7. The van der Waals surface area contributed by atoms with Crippen molar-refractivity contribution in [3.05, 3.63) is 59.5 Å². The number of aliphatic hydroxyl groups is 1. The molecule has 1 saturated carbocycles. The molecule has 1 atom stereocenters. The SMILES string of the molecule is CCOC(=O)n1nc(NC(=O)C(C)c2cnn(-c3cccc(CO)c3)c2)cc1C1CC1. The van der Waals surface area contributed by atoms with Gasteiger partial charge < -0.3 is 15.2 Å². The molecule has 2 aromatic heterocycles. The number of ether oxygens (including phenoxy) is 1. The molecule has 1 unspecified atom stereocenters. The van der Waals surface area contributed by atoms with Gasteiger partial charge in [0.05, 0.1) is 36.7 Å². The number of hydrogen-bond donors (Lipinski definition) is 2. The maximum atomic E-state index is 12.8. The Balaban J connectivity index is 1.48. The molecule has 9 heteroatoms. The fourth-order valence-electron chi connectivity index (χ4n) is 3.34.